The Morgan fingerprint density at radius 1 is 0.826 bits per heavy atom. The topological polar surface area (TPSA) is 12.9 Å². The van der Waals surface area contributed by atoms with Crippen LogP contribution in [0, 0.1) is 0 Å². The number of allylic oxidation sites excluding steroid dienone is 1. The Kier molecular flexibility index (Phi) is 3.55. The van der Waals surface area contributed by atoms with E-state index in [1.165, 1.54) is 33.5 Å². The molecule has 0 spiro atoms. The molecule has 0 aliphatic carbocycles. The Morgan fingerprint density at radius 3 is 2.48 bits per heavy atom. The van der Waals surface area contributed by atoms with Gasteiger partial charge in [-0.05, 0) is 23.4 Å². The average Bonchev–Trinajstić information content (AvgIpc) is 2.61. The van der Waals surface area contributed by atoms with Gasteiger partial charge in [0.2, 0.25) is 0 Å². The van der Waals surface area contributed by atoms with Crippen molar-refractivity contribution in [2.75, 3.05) is 0 Å². The van der Waals surface area contributed by atoms with Gasteiger partial charge in [0, 0.05) is 16.2 Å². The van der Waals surface area contributed by atoms with E-state index < -0.39 is 0 Å². The zero-order chi connectivity index (χ0) is 15.6. The van der Waals surface area contributed by atoms with Gasteiger partial charge in [-0.15, -0.1) is 0 Å². The summed E-state index contributed by atoms with van der Waals surface area (Å²) in [6, 6.07) is 21.3. The van der Waals surface area contributed by atoms with Gasteiger partial charge in [0.15, 0.2) is 0 Å². The molecule has 1 nitrogen and oxygen atoms in total. The van der Waals surface area contributed by atoms with Crippen LogP contribution in [0.1, 0.15) is 25.3 Å². The molecule has 1 heteroatoms. The third-order valence-electron chi connectivity index (χ3n) is 4.36. The minimum atomic E-state index is 1.06. The Labute approximate surface area is 136 Å². The first-order valence-electron chi connectivity index (χ1n) is 8.25. The number of hydrogen-bond acceptors (Lipinski definition) is 1. The van der Waals surface area contributed by atoms with E-state index in [2.05, 4.69) is 79.7 Å². The molecule has 0 bridgehead atoms. The standard InChI is InChI=1S/C22H19N/c1-2-3-4-11-18-19-12-7-8-13-21(19)23-22-17-10-6-5-9-16(17)14-15-20(18)22/h4-15H,2-3H2,1H3/b11-4+. The molecule has 0 atom stereocenters. The van der Waals surface area contributed by atoms with Crippen LogP contribution < -0.4 is 0 Å². The number of unbranched alkanes of at least 4 members (excludes halogenated alkanes) is 1. The zero-order valence-corrected chi connectivity index (χ0v) is 13.3. The minimum absolute atomic E-state index is 1.06. The lowest BCUT2D eigenvalue weighted by atomic mass is 9.98. The summed E-state index contributed by atoms with van der Waals surface area (Å²) in [6.45, 7) is 2.21. The maximum Gasteiger partial charge on any atom is 0.0794 e. The second-order valence-electron chi connectivity index (χ2n) is 5.92. The van der Waals surface area contributed by atoms with E-state index in [0.717, 1.165) is 17.5 Å². The van der Waals surface area contributed by atoms with Crippen molar-refractivity contribution in [1.82, 2.24) is 4.98 Å². The molecule has 3 aromatic carbocycles. The van der Waals surface area contributed by atoms with Gasteiger partial charge >= 0.3 is 0 Å². The van der Waals surface area contributed by atoms with Crippen LogP contribution in [-0.4, -0.2) is 4.98 Å². The normalized spacial score (nSPS) is 11.9. The lowest BCUT2D eigenvalue weighted by Gasteiger charge is -2.10. The van der Waals surface area contributed by atoms with Crippen LogP contribution in [0.2, 0.25) is 0 Å². The predicted octanol–water partition coefficient (Wildman–Crippen LogP) is 6.35. The Bertz CT molecular complexity index is 1030. The van der Waals surface area contributed by atoms with Crippen molar-refractivity contribution < 1.29 is 0 Å². The van der Waals surface area contributed by atoms with Crippen molar-refractivity contribution >= 4 is 38.7 Å². The highest BCUT2D eigenvalue weighted by molar-refractivity contribution is 6.12. The maximum atomic E-state index is 4.96. The molecule has 0 fully saturated rings. The summed E-state index contributed by atoms with van der Waals surface area (Å²) in [4.78, 5) is 4.96. The van der Waals surface area contributed by atoms with Crippen molar-refractivity contribution in [2.24, 2.45) is 0 Å². The van der Waals surface area contributed by atoms with Crippen LogP contribution in [0.15, 0.2) is 66.7 Å². The second-order valence-corrected chi connectivity index (χ2v) is 5.92. The first-order chi connectivity index (χ1) is 11.4. The summed E-state index contributed by atoms with van der Waals surface area (Å²) in [5.74, 6) is 0. The van der Waals surface area contributed by atoms with Gasteiger partial charge in [-0.3, -0.25) is 0 Å². The molecule has 0 saturated carbocycles. The van der Waals surface area contributed by atoms with E-state index >= 15 is 0 Å². The molecule has 0 radical (unpaired) electrons. The van der Waals surface area contributed by atoms with Gasteiger partial charge in [0.05, 0.1) is 11.0 Å². The molecular formula is C22H19N. The number of benzene rings is 3. The number of hydrogen-bond donors (Lipinski definition) is 0. The molecule has 0 amide bonds. The Hall–Kier alpha value is -2.67. The SMILES string of the molecule is CCC/C=C/c1c2ccccc2nc2c1ccc1ccccc12. The molecule has 0 saturated heterocycles. The lowest BCUT2D eigenvalue weighted by molar-refractivity contribution is 0.962. The fourth-order valence-corrected chi connectivity index (χ4v) is 3.20. The van der Waals surface area contributed by atoms with E-state index in [9.17, 15) is 0 Å². The van der Waals surface area contributed by atoms with Crippen molar-refractivity contribution in [3.05, 3.63) is 72.3 Å². The maximum absolute atomic E-state index is 4.96. The van der Waals surface area contributed by atoms with Gasteiger partial charge in [-0.2, -0.15) is 0 Å². The van der Waals surface area contributed by atoms with Crippen molar-refractivity contribution in [3.63, 3.8) is 0 Å². The summed E-state index contributed by atoms with van der Waals surface area (Å²) in [5.41, 5.74) is 3.44. The third-order valence-corrected chi connectivity index (χ3v) is 4.36. The van der Waals surface area contributed by atoms with Crippen LogP contribution in [0.25, 0.3) is 38.7 Å². The monoisotopic (exact) mass is 297 g/mol. The van der Waals surface area contributed by atoms with E-state index in [1.807, 2.05) is 0 Å². The third kappa shape index (κ3) is 2.39. The number of para-hydroxylation sites is 1. The Balaban J connectivity index is 2.14. The summed E-state index contributed by atoms with van der Waals surface area (Å²) in [6.07, 6.45) is 6.81. The zero-order valence-electron chi connectivity index (χ0n) is 13.3. The first kappa shape index (κ1) is 14.0. The highest BCUT2D eigenvalue weighted by atomic mass is 14.7. The molecular weight excluding hydrogens is 278 g/mol. The van der Waals surface area contributed by atoms with Crippen LogP contribution in [0.5, 0.6) is 0 Å². The summed E-state index contributed by atoms with van der Waals surface area (Å²) >= 11 is 0. The van der Waals surface area contributed by atoms with Gasteiger partial charge in [-0.25, -0.2) is 4.98 Å². The molecule has 4 aromatic rings. The van der Waals surface area contributed by atoms with Gasteiger partial charge in [-0.1, -0.05) is 80.1 Å². The summed E-state index contributed by atoms with van der Waals surface area (Å²) in [7, 11) is 0. The second kappa shape index (κ2) is 5.85. The van der Waals surface area contributed by atoms with Crippen LogP contribution in [0.4, 0.5) is 0 Å². The highest BCUT2D eigenvalue weighted by Crippen LogP contribution is 2.31. The lowest BCUT2D eigenvalue weighted by Crippen LogP contribution is -1.89. The number of rotatable bonds is 3. The fraction of sp³-hybridized carbons (Fsp3) is 0.136. The molecule has 1 aromatic heterocycles. The number of aromatic nitrogens is 1. The van der Waals surface area contributed by atoms with Crippen molar-refractivity contribution in [2.45, 2.75) is 19.8 Å². The number of fused-ring (bicyclic) bond motifs is 4. The first-order valence-corrected chi connectivity index (χ1v) is 8.25. The average molecular weight is 297 g/mol. The summed E-state index contributed by atoms with van der Waals surface area (Å²) in [5, 5.41) is 4.92. The molecule has 112 valence electrons. The molecule has 0 unspecified atom stereocenters. The molecule has 0 aliphatic rings. The van der Waals surface area contributed by atoms with Gasteiger partial charge < -0.3 is 0 Å². The quantitative estimate of drug-likeness (QED) is 0.317. The van der Waals surface area contributed by atoms with Crippen LogP contribution >= 0.6 is 0 Å². The molecule has 0 N–H and O–H groups in total. The number of nitrogens with zero attached hydrogens (tertiary/aromatic N) is 1. The Morgan fingerprint density at radius 2 is 1.61 bits per heavy atom. The van der Waals surface area contributed by atoms with E-state index in [1.54, 1.807) is 0 Å². The van der Waals surface area contributed by atoms with Crippen molar-refractivity contribution in [1.29, 1.82) is 0 Å². The predicted molar refractivity (Wildman–Crippen MR) is 101 cm³/mol. The summed E-state index contributed by atoms with van der Waals surface area (Å²) < 4.78 is 0. The molecule has 23 heavy (non-hydrogen) atoms. The van der Waals surface area contributed by atoms with Gasteiger partial charge in [0.1, 0.15) is 0 Å². The number of pyridine rings is 1. The molecule has 4 rings (SSSR count). The highest BCUT2D eigenvalue weighted by Gasteiger charge is 2.09. The molecule has 0 aliphatic heterocycles. The van der Waals surface area contributed by atoms with Gasteiger partial charge in [0.25, 0.3) is 0 Å². The van der Waals surface area contributed by atoms with E-state index in [0.29, 0.717) is 0 Å². The molecule has 1 heterocycles. The van der Waals surface area contributed by atoms with E-state index in [-0.39, 0.29) is 0 Å². The van der Waals surface area contributed by atoms with E-state index in [4.69, 9.17) is 4.98 Å². The van der Waals surface area contributed by atoms with Crippen molar-refractivity contribution in [3.8, 4) is 0 Å². The van der Waals surface area contributed by atoms with Crippen LogP contribution in [-0.2, 0) is 0 Å². The largest absolute Gasteiger partial charge is 0.247 e. The fourth-order valence-electron chi connectivity index (χ4n) is 3.20. The minimum Gasteiger partial charge on any atom is -0.247 e. The van der Waals surface area contributed by atoms with Crippen LogP contribution in [0.3, 0.4) is 0 Å². The smallest absolute Gasteiger partial charge is 0.0794 e.